The largest absolute Gasteiger partial charge is 0.497 e. The van der Waals surface area contributed by atoms with E-state index in [0.29, 0.717) is 16.3 Å². The number of nitrogen functional groups attached to an aromatic ring is 1. The van der Waals surface area contributed by atoms with Crippen LogP contribution in [0, 0.1) is 10.1 Å². The van der Waals surface area contributed by atoms with Crippen molar-refractivity contribution in [2.75, 3.05) is 12.8 Å². The fraction of sp³-hybridized carbons (Fsp3) is 0.0625. The minimum Gasteiger partial charge on any atom is -0.497 e. The van der Waals surface area contributed by atoms with Gasteiger partial charge in [0.25, 0.3) is 5.69 Å². The lowest BCUT2D eigenvalue weighted by molar-refractivity contribution is -0.384. The van der Waals surface area contributed by atoms with E-state index >= 15 is 0 Å². The monoisotopic (exact) mass is 327 g/mol. The number of nitro groups is 1. The molecule has 6 nitrogen and oxygen atoms in total. The van der Waals surface area contributed by atoms with Crippen LogP contribution in [0.15, 0.2) is 47.8 Å². The molecule has 0 radical (unpaired) electrons. The van der Waals surface area contributed by atoms with Gasteiger partial charge in [0.15, 0.2) is 0 Å². The van der Waals surface area contributed by atoms with Gasteiger partial charge in [-0.3, -0.25) is 10.1 Å². The van der Waals surface area contributed by atoms with Gasteiger partial charge in [0.1, 0.15) is 10.8 Å². The highest BCUT2D eigenvalue weighted by molar-refractivity contribution is 7.13. The highest BCUT2D eigenvalue weighted by Gasteiger charge is 2.14. The number of hydrogen-bond acceptors (Lipinski definition) is 6. The summed E-state index contributed by atoms with van der Waals surface area (Å²) in [5.74, 6) is 0.743. The third-order valence-corrected chi connectivity index (χ3v) is 4.22. The molecule has 116 valence electrons. The fourth-order valence-electron chi connectivity index (χ4n) is 2.16. The molecule has 0 unspecified atom stereocenters. The standard InChI is InChI=1S/C16H13N3O3S/c1-22-12-4-2-3-10(7-12)15-9-23-16(18-15)13-8-11(19(20)21)5-6-14(13)17/h2-9H,17H2,1H3. The number of nitrogens with zero attached hydrogens (tertiary/aromatic N) is 2. The number of nitrogens with two attached hydrogens (primary N) is 1. The minimum atomic E-state index is -0.445. The SMILES string of the molecule is COc1cccc(-c2csc(-c3cc([N+](=O)[O-])ccc3N)n2)c1. The fourth-order valence-corrected chi connectivity index (χ4v) is 3.02. The Morgan fingerprint density at radius 3 is 2.83 bits per heavy atom. The lowest BCUT2D eigenvalue weighted by Crippen LogP contribution is -1.93. The summed E-state index contributed by atoms with van der Waals surface area (Å²) in [5.41, 5.74) is 8.65. The molecule has 0 saturated heterocycles. The molecule has 0 atom stereocenters. The second kappa shape index (κ2) is 6.05. The number of ether oxygens (including phenoxy) is 1. The van der Waals surface area contributed by atoms with Crippen LogP contribution < -0.4 is 10.5 Å². The van der Waals surface area contributed by atoms with Gasteiger partial charge in [0.05, 0.1) is 17.7 Å². The minimum absolute atomic E-state index is 0.00710. The first-order valence-corrected chi connectivity index (χ1v) is 7.60. The Kier molecular flexibility index (Phi) is 3.94. The highest BCUT2D eigenvalue weighted by Crippen LogP contribution is 2.34. The molecule has 3 aromatic rings. The Morgan fingerprint density at radius 2 is 2.09 bits per heavy atom. The van der Waals surface area contributed by atoms with E-state index in [1.165, 1.54) is 29.5 Å². The normalized spacial score (nSPS) is 10.5. The number of non-ortho nitro benzene ring substituents is 1. The molecule has 0 aliphatic rings. The number of anilines is 1. The van der Waals surface area contributed by atoms with E-state index in [-0.39, 0.29) is 5.69 Å². The van der Waals surface area contributed by atoms with Crippen LogP contribution in [0.2, 0.25) is 0 Å². The van der Waals surface area contributed by atoms with Crippen molar-refractivity contribution in [1.29, 1.82) is 0 Å². The molecule has 23 heavy (non-hydrogen) atoms. The summed E-state index contributed by atoms with van der Waals surface area (Å²) < 4.78 is 5.21. The number of aromatic nitrogens is 1. The number of methoxy groups -OCH3 is 1. The average molecular weight is 327 g/mol. The maximum Gasteiger partial charge on any atom is 0.270 e. The summed E-state index contributed by atoms with van der Waals surface area (Å²) in [4.78, 5) is 15.0. The second-order valence-corrected chi connectivity index (χ2v) is 5.66. The molecule has 0 spiro atoms. The van der Waals surface area contributed by atoms with E-state index in [0.717, 1.165) is 17.0 Å². The maximum atomic E-state index is 10.9. The predicted octanol–water partition coefficient (Wildman–Crippen LogP) is 3.98. The lowest BCUT2D eigenvalue weighted by Gasteiger charge is -2.03. The van der Waals surface area contributed by atoms with Crippen molar-refractivity contribution in [3.05, 3.63) is 58.0 Å². The number of hydrogen-bond donors (Lipinski definition) is 1. The molecule has 0 amide bonds. The second-order valence-electron chi connectivity index (χ2n) is 4.80. The van der Waals surface area contributed by atoms with Gasteiger partial charge in [0, 0.05) is 34.3 Å². The molecule has 2 aromatic carbocycles. The summed E-state index contributed by atoms with van der Waals surface area (Å²) in [6.07, 6.45) is 0. The van der Waals surface area contributed by atoms with Crippen LogP contribution in [0.1, 0.15) is 0 Å². The highest BCUT2D eigenvalue weighted by atomic mass is 32.1. The molecular formula is C16H13N3O3S. The first-order valence-electron chi connectivity index (χ1n) is 6.72. The zero-order chi connectivity index (χ0) is 16.4. The molecule has 7 heteroatoms. The van der Waals surface area contributed by atoms with Crippen molar-refractivity contribution in [3.8, 4) is 27.6 Å². The zero-order valence-electron chi connectivity index (χ0n) is 12.2. The average Bonchev–Trinajstić information content (AvgIpc) is 3.05. The van der Waals surface area contributed by atoms with E-state index in [9.17, 15) is 10.1 Å². The molecule has 1 aromatic heterocycles. The third-order valence-electron chi connectivity index (χ3n) is 3.35. The topological polar surface area (TPSA) is 91.3 Å². The van der Waals surface area contributed by atoms with Crippen LogP contribution >= 0.6 is 11.3 Å². The van der Waals surface area contributed by atoms with E-state index in [1.807, 2.05) is 29.6 Å². The van der Waals surface area contributed by atoms with Crippen molar-refractivity contribution in [1.82, 2.24) is 4.98 Å². The Labute approximate surface area is 136 Å². The van der Waals surface area contributed by atoms with E-state index < -0.39 is 4.92 Å². The number of benzene rings is 2. The van der Waals surface area contributed by atoms with Crippen LogP contribution in [-0.2, 0) is 0 Å². The lowest BCUT2D eigenvalue weighted by atomic mass is 10.1. The van der Waals surface area contributed by atoms with E-state index in [2.05, 4.69) is 4.98 Å². The van der Waals surface area contributed by atoms with Gasteiger partial charge in [0.2, 0.25) is 0 Å². The predicted molar refractivity (Wildman–Crippen MR) is 90.6 cm³/mol. The molecule has 1 heterocycles. The van der Waals surface area contributed by atoms with Crippen molar-refractivity contribution < 1.29 is 9.66 Å². The molecular weight excluding hydrogens is 314 g/mol. The Bertz CT molecular complexity index is 877. The Morgan fingerprint density at radius 1 is 1.26 bits per heavy atom. The van der Waals surface area contributed by atoms with Crippen molar-refractivity contribution >= 4 is 22.7 Å². The summed E-state index contributed by atoms with van der Waals surface area (Å²) in [6.45, 7) is 0. The van der Waals surface area contributed by atoms with Gasteiger partial charge in [-0.05, 0) is 18.2 Å². The first kappa shape index (κ1) is 15.0. The quantitative estimate of drug-likeness (QED) is 0.444. The van der Waals surface area contributed by atoms with E-state index in [1.54, 1.807) is 7.11 Å². The van der Waals surface area contributed by atoms with Gasteiger partial charge in [-0.15, -0.1) is 11.3 Å². The third kappa shape index (κ3) is 3.00. The smallest absolute Gasteiger partial charge is 0.270 e. The van der Waals surface area contributed by atoms with Crippen molar-refractivity contribution in [3.63, 3.8) is 0 Å². The molecule has 0 saturated carbocycles. The van der Waals surface area contributed by atoms with Crippen LogP contribution in [0.4, 0.5) is 11.4 Å². The van der Waals surface area contributed by atoms with Gasteiger partial charge in [-0.2, -0.15) is 0 Å². The summed E-state index contributed by atoms with van der Waals surface area (Å²) in [6, 6.07) is 11.9. The number of nitro benzene ring substituents is 1. The molecule has 2 N–H and O–H groups in total. The van der Waals surface area contributed by atoms with Gasteiger partial charge >= 0.3 is 0 Å². The summed E-state index contributed by atoms with van der Waals surface area (Å²) in [5, 5.41) is 13.5. The Balaban J connectivity index is 2.02. The van der Waals surface area contributed by atoms with Crippen molar-refractivity contribution in [2.45, 2.75) is 0 Å². The number of thiazole rings is 1. The van der Waals surface area contributed by atoms with Gasteiger partial charge in [-0.25, -0.2) is 4.98 Å². The van der Waals surface area contributed by atoms with Crippen LogP contribution in [0.5, 0.6) is 5.75 Å². The maximum absolute atomic E-state index is 10.9. The summed E-state index contributed by atoms with van der Waals surface area (Å²) >= 11 is 1.39. The van der Waals surface area contributed by atoms with Crippen LogP contribution in [0.25, 0.3) is 21.8 Å². The number of rotatable bonds is 4. The Hall–Kier alpha value is -2.93. The molecule has 0 fully saturated rings. The summed E-state index contributed by atoms with van der Waals surface area (Å²) in [7, 11) is 1.61. The van der Waals surface area contributed by atoms with Gasteiger partial charge in [-0.1, -0.05) is 12.1 Å². The van der Waals surface area contributed by atoms with E-state index in [4.69, 9.17) is 10.5 Å². The van der Waals surface area contributed by atoms with Crippen LogP contribution in [-0.4, -0.2) is 17.0 Å². The zero-order valence-corrected chi connectivity index (χ0v) is 13.0. The van der Waals surface area contributed by atoms with Crippen LogP contribution in [0.3, 0.4) is 0 Å². The molecule has 0 aliphatic carbocycles. The van der Waals surface area contributed by atoms with Crippen molar-refractivity contribution in [2.24, 2.45) is 0 Å². The molecule has 0 bridgehead atoms. The van der Waals surface area contributed by atoms with Gasteiger partial charge < -0.3 is 10.5 Å². The first-order chi connectivity index (χ1) is 11.1. The molecule has 3 rings (SSSR count). The molecule has 0 aliphatic heterocycles.